The van der Waals surface area contributed by atoms with Crippen LogP contribution in [0.15, 0.2) is 30.5 Å². The van der Waals surface area contributed by atoms with Crippen molar-refractivity contribution >= 4 is 17.5 Å². The summed E-state index contributed by atoms with van der Waals surface area (Å²) >= 11 is 0. The summed E-state index contributed by atoms with van der Waals surface area (Å²) in [5.74, 6) is 0.475. The lowest BCUT2D eigenvalue weighted by Gasteiger charge is -2.44. The van der Waals surface area contributed by atoms with Crippen molar-refractivity contribution in [2.75, 3.05) is 36.9 Å². The maximum atomic E-state index is 13.1. The van der Waals surface area contributed by atoms with Crippen LogP contribution in [-0.4, -0.2) is 53.1 Å². The largest absolute Gasteiger partial charge is 0.368 e. The van der Waals surface area contributed by atoms with Crippen molar-refractivity contribution < 1.29 is 9.53 Å². The SMILES string of the molecule is CC1Cc2ccccc2N1C(=O)CN1CCC2(CC1)OCCc1cnc(N)nc12. The van der Waals surface area contributed by atoms with Gasteiger partial charge in [-0.25, -0.2) is 9.97 Å². The average molecular weight is 393 g/mol. The van der Waals surface area contributed by atoms with Crippen LogP contribution in [0.5, 0.6) is 0 Å². The molecule has 0 bridgehead atoms. The summed E-state index contributed by atoms with van der Waals surface area (Å²) in [4.78, 5) is 26.0. The molecule has 3 aliphatic rings. The van der Waals surface area contributed by atoms with Gasteiger partial charge in [-0.1, -0.05) is 18.2 Å². The van der Waals surface area contributed by atoms with E-state index in [4.69, 9.17) is 10.5 Å². The zero-order chi connectivity index (χ0) is 20.0. The highest BCUT2D eigenvalue weighted by molar-refractivity contribution is 5.97. The lowest BCUT2D eigenvalue weighted by Crippen LogP contribution is -2.50. The minimum Gasteiger partial charge on any atom is -0.368 e. The number of ether oxygens (including phenoxy) is 1. The summed E-state index contributed by atoms with van der Waals surface area (Å²) < 4.78 is 6.24. The predicted molar refractivity (Wildman–Crippen MR) is 111 cm³/mol. The van der Waals surface area contributed by atoms with E-state index in [-0.39, 0.29) is 11.9 Å². The monoisotopic (exact) mass is 393 g/mol. The molecule has 3 aliphatic heterocycles. The van der Waals surface area contributed by atoms with Crippen molar-refractivity contribution in [3.05, 3.63) is 47.3 Å². The first kappa shape index (κ1) is 18.5. The Balaban J connectivity index is 1.28. The second-order valence-electron chi connectivity index (χ2n) is 8.42. The summed E-state index contributed by atoms with van der Waals surface area (Å²) in [7, 11) is 0. The van der Waals surface area contributed by atoms with Gasteiger partial charge in [0, 0.05) is 31.0 Å². The van der Waals surface area contributed by atoms with Crippen molar-refractivity contribution in [1.82, 2.24) is 14.9 Å². The molecule has 1 spiro atoms. The zero-order valence-electron chi connectivity index (χ0n) is 16.8. The Bertz CT molecular complexity index is 939. The van der Waals surface area contributed by atoms with Crippen LogP contribution in [0.4, 0.5) is 11.6 Å². The van der Waals surface area contributed by atoms with Crippen LogP contribution >= 0.6 is 0 Å². The van der Waals surface area contributed by atoms with Crippen molar-refractivity contribution in [3.63, 3.8) is 0 Å². The van der Waals surface area contributed by atoms with Gasteiger partial charge in [0.05, 0.1) is 18.8 Å². The predicted octanol–water partition coefficient (Wildman–Crippen LogP) is 1.90. The summed E-state index contributed by atoms with van der Waals surface area (Å²) in [5.41, 5.74) is 9.87. The Morgan fingerprint density at radius 3 is 2.90 bits per heavy atom. The summed E-state index contributed by atoms with van der Waals surface area (Å²) in [6.07, 6.45) is 5.22. The number of nitrogens with zero attached hydrogens (tertiary/aromatic N) is 4. The Labute approximate surface area is 170 Å². The molecule has 5 rings (SSSR count). The molecule has 2 N–H and O–H groups in total. The quantitative estimate of drug-likeness (QED) is 0.839. The first-order valence-corrected chi connectivity index (χ1v) is 10.4. The normalized spacial score (nSPS) is 23.1. The molecule has 0 aliphatic carbocycles. The highest BCUT2D eigenvalue weighted by Crippen LogP contribution is 2.40. The summed E-state index contributed by atoms with van der Waals surface area (Å²) in [5, 5.41) is 0. The Kier molecular flexibility index (Phi) is 4.52. The van der Waals surface area contributed by atoms with Crippen molar-refractivity contribution in [2.24, 2.45) is 0 Å². The summed E-state index contributed by atoms with van der Waals surface area (Å²) in [6, 6.07) is 8.44. The van der Waals surface area contributed by atoms with Crippen LogP contribution in [0.3, 0.4) is 0 Å². The van der Waals surface area contributed by atoms with Gasteiger partial charge in [0.2, 0.25) is 11.9 Å². The lowest BCUT2D eigenvalue weighted by atomic mass is 9.83. The first-order valence-electron chi connectivity index (χ1n) is 10.4. The number of amides is 1. The van der Waals surface area contributed by atoms with Crippen molar-refractivity contribution in [3.8, 4) is 0 Å². The van der Waals surface area contributed by atoms with Crippen molar-refractivity contribution in [1.29, 1.82) is 0 Å². The second kappa shape index (κ2) is 7.07. The number of aromatic nitrogens is 2. The molecule has 7 nitrogen and oxygen atoms in total. The van der Waals surface area contributed by atoms with Crippen molar-refractivity contribution in [2.45, 2.75) is 44.2 Å². The van der Waals surface area contributed by atoms with Crippen LogP contribution in [-0.2, 0) is 28.0 Å². The molecule has 0 radical (unpaired) electrons. The van der Waals surface area contributed by atoms with Crippen LogP contribution < -0.4 is 10.6 Å². The van der Waals surface area contributed by atoms with Crippen LogP contribution in [0, 0.1) is 0 Å². The number of para-hydroxylation sites is 1. The van der Waals surface area contributed by atoms with E-state index in [0.29, 0.717) is 19.1 Å². The molecule has 1 atom stereocenters. The molecule has 0 saturated carbocycles. The van der Waals surface area contributed by atoms with Gasteiger partial charge in [-0.2, -0.15) is 0 Å². The number of anilines is 2. The van der Waals surface area contributed by atoms with E-state index in [1.165, 1.54) is 5.56 Å². The van der Waals surface area contributed by atoms with Gasteiger partial charge in [-0.05, 0) is 49.8 Å². The third kappa shape index (κ3) is 3.18. The number of benzene rings is 1. The lowest BCUT2D eigenvalue weighted by molar-refractivity contribution is -0.124. The van der Waals surface area contributed by atoms with Gasteiger partial charge in [-0.15, -0.1) is 0 Å². The number of nitrogens with two attached hydrogens (primary N) is 1. The second-order valence-corrected chi connectivity index (χ2v) is 8.42. The maximum Gasteiger partial charge on any atom is 0.241 e. The number of rotatable bonds is 2. The number of hydrogen-bond donors (Lipinski definition) is 1. The van der Waals surface area contributed by atoms with Gasteiger partial charge in [0.25, 0.3) is 0 Å². The number of carbonyl (C=O) groups is 1. The number of piperidine rings is 1. The molecule has 1 fully saturated rings. The van der Waals surface area contributed by atoms with Gasteiger partial charge in [0.1, 0.15) is 5.60 Å². The molecule has 1 amide bonds. The number of fused-ring (bicyclic) bond motifs is 3. The van der Waals surface area contributed by atoms with E-state index in [1.807, 2.05) is 23.2 Å². The molecule has 1 aromatic heterocycles. The van der Waals surface area contributed by atoms with Gasteiger partial charge >= 0.3 is 0 Å². The van der Waals surface area contributed by atoms with Crippen LogP contribution in [0.2, 0.25) is 0 Å². The molecule has 2 aromatic rings. The molecule has 7 heteroatoms. The Morgan fingerprint density at radius 2 is 2.07 bits per heavy atom. The summed E-state index contributed by atoms with van der Waals surface area (Å²) in [6.45, 7) is 4.85. The van der Waals surface area contributed by atoms with E-state index in [9.17, 15) is 4.79 Å². The van der Waals surface area contributed by atoms with Crippen LogP contribution in [0.1, 0.15) is 36.6 Å². The minimum atomic E-state index is -0.391. The fraction of sp³-hybridized carbons (Fsp3) is 0.500. The maximum absolute atomic E-state index is 13.1. The van der Waals surface area contributed by atoms with E-state index in [1.54, 1.807) is 0 Å². The first-order chi connectivity index (χ1) is 14.1. The fourth-order valence-corrected chi connectivity index (χ4v) is 5.09. The topological polar surface area (TPSA) is 84.6 Å². The average Bonchev–Trinajstić information content (AvgIpc) is 3.06. The number of carbonyl (C=O) groups excluding carboxylic acids is 1. The van der Waals surface area contributed by atoms with E-state index < -0.39 is 5.60 Å². The number of nitrogen functional groups attached to an aromatic ring is 1. The highest BCUT2D eigenvalue weighted by atomic mass is 16.5. The molecule has 1 saturated heterocycles. The number of hydrogen-bond acceptors (Lipinski definition) is 6. The number of likely N-dealkylation sites (tertiary alicyclic amines) is 1. The highest BCUT2D eigenvalue weighted by Gasteiger charge is 2.43. The third-order valence-corrected chi connectivity index (χ3v) is 6.56. The molecule has 1 unspecified atom stereocenters. The Morgan fingerprint density at radius 1 is 1.28 bits per heavy atom. The fourth-order valence-electron chi connectivity index (χ4n) is 5.09. The van der Waals surface area contributed by atoms with E-state index >= 15 is 0 Å². The molecular formula is C22H27N5O2. The van der Waals surface area contributed by atoms with E-state index in [2.05, 4.69) is 33.9 Å². The third-order valence-electron chi connectivity index (χ3n) is 6.56. The minimum absolute atomic E-state index is 0.176. The van der Waals surface area contributed by atoms with Gasteiger partial charge < -0.3 is 15.4 Å². The molecule has 29 heavy (non-hydrogen) atoms. The smallest absolute Gasteiger partial charge is 0.241 e. The van der Waals surface area contributed by atoms with E-state index in [0.717, 1.165) is 55.7 Å². The molecule has 4 heterocycles. The Hall–Kier alpha value is -2.51. The van der Waals surface area contributed by atoms with Crippen LogP contribution in [0.25, 0.3) is 0 Å². The molecular weight excluding hydrogens is 366 g/mol. The zero-order valence-corrected chi connectivity index (χ0v) is 16.8. The van der Waals surface area contributed by atoms with Gasteiger partial charge in [-0.3, -0.25) is 9.69 Å². The molecule has 152 valence electrons. The molecule has 1 aromatic carbocycles. The standard InChI is InChI=1S/C22H27N5O2/c1-15-12-16-4-2-3-5-18(16)27(15)19(28)14-26-9-7-22(8-10-26)20-17(6-11-29-22)13-24-21(23)25-20/h2-5,13,15H,6-12,14H2,1H3,(H2,23,24,25). The van der Waals surface area contributed by atoms with Gasteiger partial charge in [0.15, 0.2) is 0 Å².